The van der Waals surface area contributed by atoms with Crippen LogP contribution in [0.4, 0.5) is 0 Å². The first kappa shape index (κ1) is 14.2. The number of ether oxygens (including phenoxy) is 1. The summed E-state index contributed by atoms with van der Waals surface area (Å²) in [4.78, 5) is 4.33. The molecule has 0 aromatic carbocycles. The monoisotopic (exact) mass is 251 g/mol. The smallest absolute Gasteiger partial charge is 0.135 e. The van der Waals surface area contributed by atoms with Crippen molar-refractivity contribution in [2.75, 3.05) is 0 Å². The van der Waals surface area contributed by atoms with Gasteiger partial charge in [0.1, 0.15) is 5.75 Å². The largest absolute Gasteiger partial charge is 0.489 e. The van der Waals surface area contributed by atoms with Gasteiger partial charge in [-0.15, -0.1) is 0 Å². The molecule has 0 aliphatic heterocycles. The van der Waals surface area contributed by atoms with E-state index in [9.17, 15) is 0 Å². The van der Waals surface area contributed by atoms with E-state index < -0.39 is 0 Å². The molecule has 0 amide bonds. The molecule has 0 spiro atoms. The molecule has 0 aliphatic carbocycles. The number of pyridine rings is 1. The summed E-state index contributed by atoms with van der Waals surface area (Å²) >= 11 is 0. The van der Waals surface area contributed by atoms with Gasteiger partial charge < -0.3 is 4.74 Å². The van der Waals surface area contributed by atoms with E-state index in [0.29, 0.717) is 17.9 Å². The highest BCUT2D eigenvalue weighted by Crippen LogP contribution is 2.18. The first-order valence-corrected chi connectivity index (χ1v) is 7.57. The van der Waals surface area contributed by atoms with Gasteiger partial charge in [-0.3, -0.25) is 4.98 Å². The van der Waals surface area contributed by atoms with Crippen LogP contribution in [0.25, 0.3) is 0 Å². The molecule has 1 aromatic heterocycles. The van der Waals surface area contributed by atoms with Gasteiger partial charge >= 0.3 is 0 Å². The topological polar surface area (TPSA) is 22.1 Å². The number of rotatable bonds is 6. The molecular formula is C14H25NOSi. The van der Waals surface area contributed by atoms with Gasteiger partial charge in [0, 0.05) is 6.20 Å². The molecule has 17 heavy (non-hydrogen) atoms. The Labute approximate surface area is 108 Å². The van der Waals surface area contributed by atoms with Gasteiger partial charge in [-0.1, -0.05) is 27.7 Å². The van der Waals surface area contributed by atoms with Gasteiger partial charge in [0.25, 0.3) is 0 Å². The summed E-state index contributed by atoms with van der Waals surface area (Å²) in [5.41, 5.74) is 0. The van der Waals surface area contributed by atoms with Gasteiger partial charge in [0.2, 0.25) is 0 Å². The molecule has 0 unspecified atom stereocenters. The van der Waals surface area contributed by atoms with Crippen molar-refractivity contribution in [1.82, 2.24) is 4.98 Å². The number of hydrogen-bond donors (Lipinski definition) is 0. The predicted octanol–water partition coefficient (Wildman–Crippen LogP) is 1.91. The van der Waals surface area contributed by atoms with Gasteiger partial charge in [-0.25, -0.2) is 0 Å². The van der Waals surface area contributed by atoms with E-state index in [-0.39, 0.29) is 0 Å². The van der Waals surface area contributed by atoms with Crippen LogP contribution in [0, 0.1) is 11.8 Å². The van der Waals surface area contributed by atoms with E-state index in [1.807, 2.05) is 18.3 Å². The molecule has 0 atom stereocenters. The van der Waals surface area contributed by atoms with E-state index in [2.05, 4.69) is 32.7 Å². The summed E-state index contributed by atoms with van der Waals surface area (Å²) < 4.78 is 6.14. The quantitative estimate of drug-likeness (QED) is 0.721. The number of nitrogens with zero attached hydrogens (tertiary/aromatic N) is 1. The Hall–Kier alpha value is -0.833. The second-order valence-electron chi connectivity index (χ2n) is 5.59. The molecule has 1 heterocycles. The fourth-order valence-electron chi connectivity index (χ4n) is 2.02. The average Bonchev–Trinajstić information content (AvgIpc) is 2.19. The van der Waals surface area contributed by atoms with Crippen molar-refractivity contribution in [2.24, 2.45) is 11.8 Å². The zero-order valence-corrected chi connectivity index (χ0v) is 13.7. The lowest BCUT2D eigenvalue weighted by Crippen LogP contribution is -2.24. The molecule has 0 saturated heterocycles. The van der Waals surface area contributed by atoms with Crippen molar-refractivity contribution in [3.05, 3.63) is 18.3 Å². The Bertz CT molecular complexity index is 329. The van der Waals surface area contributed by atoms with E-state index in [1.54, 1.807) is 0 Å². The van der Waals surface area contributed by atoms with Crippen LogP contribution in [0.15, 0.2) is 18.3 Å². The molecule has 3 heteroatoms. The summed E-state index contributed by atoms with van der Waals surface area (Å²) in [6.45, 7) is 9.01. The SMILES string of the molecule is CC(C)CC(CC(C)C)Oc1cccnc1[SiH3]. The van der Waals surface area contributed by atoms with Crippen LogP contribution in [0.2, 0.25) is 0 Å². The van der Waals surface area contributed by atoms with Crippen LogP contribution in [0.1, 0.15) is 40.5 Å². The molecule has 0 radical (unpaired) electrons. The second kappa shape index (κ2) is 6.79. The maximum absolute atomic E-state index is 6.14. The molecule has 0 bridgehead atoms. The van der Waals surface area contributed by atoms with Crippen LogP contribution in [-0.2, 0) is 0 Å². The standard InChI is InChI=1S/C14H25NOSi/c1-10(2)8-12(9-11(3)4)16-13-6-5-7-15-14(13)17/h5-7,10-12H,8-9H2,1-4,17H3. The van der Waals surface area contributed by atoms with Gasteiger partial charge in [0.15, 0.2) is 0 Å². The third-order valence-electron chi connectivity index (χ3n) is 2.72. The maximum atomic E-state index is 6.14. The third kappa shape index (κ3) is 5.35. The molecule has 0 N–H and O–H groups in total. The number of aromatic nitrogens is 1. The Balaban J connectivity index is 2.68. The van der Waals surface area contributed by atoms with E-state index in [1.165, 1.54) is 0 Å². The zero-order chi connectivity index (χ0) is 12.8. The fourth-order valence-corrected chi connectivity index (χ4v) is 2.45. The second-order valence-corrected chi connectivity index (χ2v) is 6.53. The van der Waals surface area contributed by atoms with Crippen molar-refractivity contribution in [2.45, 2.75) is 46.6 Å². The minimum absolute atomic E-state index is 0.326. The molecule has 0 saturated carbocycles. The summed E-state index contributed by atoms with van der Waals surface area (Å²) in [7, 11) is 0.942. The normalized spacial score (nSPS) is 11.7. The summed E-state index contributed by atoms with van der Waals surface area (Å²) in [5.74, 6) is 2.34. The Morgan fingerprint density at radius 2 is 1.76 bits per heavy atom. The molecule has 1 rings (SSSR count). The number of hydrogen-bond acceptors (Lipinski definition) is 2. The van der Waals surface area contributed by atoms with Crippen molar-refractivity contribution < 1.29 is 4.74 Å². The lowest BCUT2D eigenvalue weighted by Gasteiger charge is -2.23. The van der Waals surface area contributed by atoms with E-state index in [0.717, 1.165) is 34.2 Å². The first-order chi connectivity index (χ1) is 7.99. The third-order valence-corrected chi connectivity index (χ3v) is 3.47. The lowest BCUT2D eigenvalue weighted by atomic mass is 9.98. The molecule has 0 aliphatic rings. The van der Waals surface area contributed by atoms with Crippen molar-refractivity contribution in [3.8, 4) is 5.75 Å². The maximum Gasteiger partial charge on any atom is 0.135 e. The first-order valence-electron chi connectivity index (χ1n) is 6.57. The molecular weight excluding hydrogens is 226 g/mol. The van der Waals surface area contributed by atoms with Crippen LogP contribution < -0.4 is 10.1 Å². The molecule has 0 fully saturated rings. The Morgan fingerprint density at radius 1 is 1.18 bits per heavy atom. The van der Waals surface area contributed by atoms with Crippen molar-refractivity contribution in [3.63, 3.8) is 0 Å². The summed E-state index contributed by atoms with van der Waals surface area (Å²) in [6.07, 6.45) is 4.41. The minimum Gasteiger partial charge on any atom is -0.489 e. The Kier molecular flexibility index (Phi) is 5.69. The summed E-state index contributed by atoms with van der Waals surface area (Å²) in [5, 5.41) is 1.12. The van der Waals surface area contributed by atoms with Crippen LogP contribution in [0.5, 0.6) is 5.75 Å². The minimum atomic E-state index is 0.326. The zero-order valence-electron chi connectivity index (χ0n) is 11.7. The van der Waals surface area contributed by atoms with E-state index in [4.69, 9.17) is 4.74 Å². The Morgan fingerprint density at radius 3 is 2.24 bits per heavy atom. The molecule has 96 valence electrons. The van der Waals surface area contributed by atoms with Crippen LogP contribution in [-0.4, -0.2) is 21.3 Å². The van der Waals surface area contributed by atoms with E-state index >= 15 is 0 Å². The highest BCUT2D eigenvalue weighted by atomic mass is 28.1. The summed E-state index contributed by atoms with van der Waals surface area (Å²) in [6, 6.07) is 4.00. The van der Waals surface area contributed by atoms with Crippen LogP contribution in [0.3, 0.4) is 0 Å². The lowest BCUT2D eigenvalue weighted by molar-refractivity contribution is 0.150. The highest BCUT2D eigenvalue weighted by molar-refractivity contribution is 6.32. The fraction of sp³-hybridized carbons (Fsp3) is 0.643. The van der Waals surface area contributed by atoms with Gasteiger partial charge in [0.05, 0.1) is 21.7 Å². The predicted molar refractivity (Wildman–Crippen MR) is 77.1 cm³/mol. The van der Waals surface area contributed by atoms with Crippen LogP contribution >= 0.6 is 0 Å². The van der Waals surface area contributed by atoms with Gasteiger partial charge in [-0.2, -0.15) is 0 Å². The van der Waals surface area contributed by atoms with Crippen molar-refractivity contribution >= 4 is 15.6 Å². The molecule has 1 aromatic rings. The van der Waals surface area contributed by atoms with Gasteiger partial charge in [-0.05, 0) is 36.8 Å². The highest BCUT2D eigenvalue weighted by Gasteiger charge is 2.15. The van der Waals surface area contributed by atoms with Crippen molar-refractivity contribution in [1.29, 1.82) is 0 Å². The average molecular weight is 251 g/mol. The molecule has 2 nitrogen and oxygen atoms in total.